The van der Waals surface area contributed by atoms with Crippen molar-refractivity contribution in [2.24, 2.45) is 0 Å². The predicted molar refractivity (Wildman–Crippen MR) is 75.4 cm³/mol. The molecule has 0 spiro atoms. The van der Waals surface area contributed by atoms with Gasteiger partial charge in [0.15, 0.2) is 0 Å². The lowest BCUT2D eigenvalue weighted by atomic mass is 10.1. The third kappa shape index (κ3) is 2.83. The topological polar surface area (TPSA) is 79.3 Å². The Kier molecular flexibility index (Phi) is 4.10. The number of hydrogen-bond acceptors (Lipinski definition) is 3. The molecular formula is C15H14N2O3. The summed E-state index contributed by atoms with van der Waals surface area (Å²) >= 11 is 0. The van der Waals surface area contributed by atoms with E-state index in [2.05, 4.69) is 16.9 Å². The van der Waals surface area contributed by atoms with Gasteiger partial charge < -0.3 is 10.4 Å². The number of amides is 1. The minimum absolute atomic E-state index is 0.171. The maximum absolute atomic E-state index is 12.2. The van der Waals surface area contributed by atoms with Crippen LogP contribution in [0.3, 0.4) is 0 Å². The quantitative estimate of drug-likeness (QED) is 0.814. The van der Waals surface area contributed by atoms with E-state index >= 15 is 0 Å². The molecule has 0 fully saturated rings. The Labute approximate surface area is 115 Å². The number of aliphatic carboxylic acids is 1. The number of carboxylic acid groups (broad SMARTS) is 1. The number of hydrogen-bond donors (Lipinski definition) is 2. The lowest BCUT2D eigenvalue weighted by molar-refractivity contribution is -0.139. The molecule has 0 saturated carbocycles. The van der Waals surface area contributed by atoms with Gasteiger partial charge in [-0.05, 0) is 18.6 Å². The molecule has 1 atom stereocenters. The number of nitrogens with one attached hydrogen (secondary N) is 1. The normalized spacial score (nSPS) is 11.8. The summed E-state index contributed by atoms with van der Waals surface area (Å²) in [6.45, 7) is 3.49. The first-order valence-corrected chi connectivity index (χ1v) is 6.12. The van der Waals surface area contributed by atoms with Crippen molar-refractivity contribution < 1.29 is 14.7 Å². The van der Waals surface area contributed by atoms with Crippen molar-refractivity contribution in [3.8, 4) is 0 Å². The summed E-state index contributed by atoms with van der Waals surface area (Å²) in [6, 6.07) is 7.80. The summed E-state index contributed by atoms with van der Waals surface area (Å²) < 4.78 is 0. The van der Waals surface area contributed by atoms with Crippen LogP contribution in [0.15, 0.2) is 49.2 Å². The van der Waals surface area contributed by atoms with Crippen LogP contribution in [0.4, 0.5) is 0 Å². The Balaban J connectivity index is 2.31. The molecule has 0 aliphatic carbocycles. The highest BCUT2D eigenvalue weighted by Gasteiger charge is 2.20. The molecule has 0 saturated heterocycles. The highest BCUT2D eigenvalue weighted by molar-refractivity contribution is 6.06. The molecule has 5 heteroatoms. The summed E-state index contributed by atoms with van der Waals surface area (Å²) in [5.74, 6) is -1.52. The van der Waals surface area contributed by atoms with E-state index in [0.717, 1.165) is 0 Å². The number of para-hydroxylation sites is 1. The number of carbonyl (C=O) groups excluding carboxylic acids is 1. The van der Waals surface area contributed by atoms with Crippen LogP contribution in [0.5, 0.6) is 0 Å². The number of rotatable bonds is 5. The van der Waals surface area contributed by atoms with Gasteiger partial charge in [0, 0.05) is 11.6 Å². The fraction of sp³-hybridized carbons (Fsp3) is 0.133. The maximum Gasteiger partial charge on any atom is 0.326 e. The zero-order chi connectivity index (χ0) is 14.5. The van der Waals surface area contributed by atoms with Crippen molar-refractivity contribution in [1.29, 1.82) is 0 Å². The van der Waals surface area contributed by atoms with Crippen LogP contribution in [-0.2, 0) is 4.79 Å². The molecule has 0 aliphatic heterocycles. The number of benzene rings is 1. The first kappa shape index (κ1) is 13.7. The van der Waals surface area contributed by atoms with Gasteiger partial charge in [0.2, 0.25) is 0 Å². The van der Waals surface area contributed by atoms with Gasteiger partial charge in [-0.15, -0.1) is 6.58 Å². The molecule has 102 valence electrons. The Bertz CT molecular complexity index is 662. The van der Waals surface area contributed by atoms with Crippen LogP contribution >= 0.6 is 0 Å². The fourth-order valence-electron chi connectivity index (χ4n) is 1.92. The summed E-state index contributed by atoms with van der Waals surface area (Å²) in [6.07, 6.45) is 3.16. The summed E-state index contributed by atoms with van der Waals surface area (Å²) in [5.41, 5.74) is 1.10. The fourth-order valence-corrected chi connectivity index (χ4v) is 1.92. The second-order valence-corrected chi connectivity index (χ2v) is 4.26. The molecule has 20 heavy (non-hydrogen) atoms. The number of nitrogens with zero attached hydrogens (tertiary/aromatic N) is 1. The molecule has 0 aliphatic rings. The van der Waals surface area contributed by atoms with E-state index < -0.39 is 17.9 Å². The largest absolute Gasteiger partial charge is 0.480 e. The van der Waals surface area contributed by atoms with E-state index in [9.17, 15) is 9.59 Å². The summed E-state index contributed by atoms with van der Waals surface area (Å²) in [7, 11) is 0. The molecule has 5 nitrogen and oxygen atoms in total. The van der Waals surface area contributed by atoms with Crippen molar-refractivity contribution in [2.75, 3.05) is 0 Å². The summed E-state index contributed by atoms with van der Waals surface area (Å²) in [5, 5.41) is 12.2. The maximum atomic E-state index is 12.2. The zero-order valence-corrected chi connectivity index (χ0v) is 10.7. The number of pyridine rings is 1. The SMILES string of the molecule is C=CC[C@@H](NC(=O)c1ccnc2ccccc12)C(=O)O. The lowest BCUT2D eigenvalue weighted by Gasteiger charge is -2.13. The Morgan fingerprint density at radius 2 is 2.10 bits per heavy atom. The van der Waals surface area contributed by atoms with E-state index in [4.69, 9.17) is 5.11 Å². The van der Waals surface area contributed by atoms with Gasteiger partial charge >= 0.3 is 5.97 Å². The molecule has 1 amide bonds. The highest BCUT2D eigenvalue weighted by atomic mass is 16.4. The first-order valence-electron chi connectivity index (χ1n) is 6.12. The lowest BCUT2D eigenvalue weighted by Crippen LogP contribution is -2.40. The Morgan fingerprint density at radius 3 is 2.80 bits per heavy atom. The van der Waals surface area contributed by atoms with E-state index in [-0.39, 0.29) is 6.42 Å². The molecule has 1 aromatic heterocycles. The van der Waals surface area contributed by atoms with Crippen molar-refractivity contribution >= 4 is 22.8 Å². The van der Waals surface area contributed by atoms with Crippen LogP contribution in [0.1, 0.15) is 16.8 Å². The monoisotopic (exact) mass is 270 g/mol. The van der Waals surface area contributed by atoms with E-state index in [1.54, 1.807) is 24.3 Å². The minimum Gasteiger partial charge on any atom is -0.480 e. The van der Waals surface area contributed by atoms with E-state index in [0.29, 0.717) is 16.5 Å². The molecule has 2 aromatic rings. The Hall–Kier alpha value is -2.69. The second-order valence-electron chi connectivity index (χ2n) is 4.26. The molecule has 0 unspecified atom stereocenters. The van der Waals surface area contributed by atoms with Gasteiger partial charge in [-0.3, -0.25) is 9.78 Å². The number of fused-ring (bicyclic) bond motifs is 1. The molecule has 1 aromatic carbocycles. The van der Waals surface area contributed by atoms with Gasteiger partial charge in [-0.25, -0.2) is 4.79 Å². The van der Waals surface area contributed by atoms with Crippen LogP contribution in [0.2, 0.25) is 0 Å². The van der Waals surface area contributed by atoms with Crippen molar-refractivity contribution in [2.45, 2.75) is 12.5 Å². The van der Waals surface area contributed by atoms with E-state index in [1.807, 2.05) is 6.07 Å². The molecule has 2 rings (SSSR count). The Morgan fingerprint density at radius 1 is 1.35 bits per heavy atom. The van der Waals surface area contributed by atoms with Gasteiger partial charge in [0.1, 0.15) is 6.04 Å². The number of aromatic nitrogens is 1. The average molecular weight is 270 g/mol. The minimum atomic E-state index is -1.09. The number of carboxylic acids is 1. The molecule has 0 bridgehead atoms. The molecular weight excluding hydrogens is 256 g/mol. The first-order chi connectivity index (χ1) is 9.63. The second kappa shape index (κ2) is 5.97. The van der Waals surface area contributed by atoms with Gasteiger partial charge in [0.25, 0.3) is 5.91 Å². The third-order valence-corrected chi connectivity index (χ3v) is 2.90. The standard InChI is InChI=1S/C15H14N2O3/c1-2-5-13(15(19)20)17-14(18)11-8-9-16-12-7-4-3-6-10(11)12/h2-4,6-9,13H,1,5H2,(H,17,18)(H,19,20)/t13-/m1/s1. The van der Waals surface area contributed by atoms with Crippen molar-refractivity contribution in [3.05, 3.63) is 54.7 Å². The summed E-state index contributed by atoms with van der Waals surface area (Å²) in [4.78, 5) is 27.4. The molecule has 0 radical (unpaired) electrons. The smallest absolute Gasteiger partial charge is 0.326 e. The molecule has 2 N–H and O–H groups in total. The average Bonchev–Trinajstić information content (AvgIpc) is 2.46. The van der Waals surface area contributed by atoms with Crippen LogP contribution in [-0.4, -0.2) is 28.0 Å². The highest BCUT2D eigenvalue weighted by Crippen LogP contribution is 2.16. The van der Waals surface area contributed by atoms with Crippen molar-refractivity contribution in [3.63, 3.8) is 0 Å². The predicted octanol–water partition coefficient (Wildman–Crippen LogP) is 1.99. The van der Waals surface area contributed by atoms with Crippen LogP contribution < -0.4 is 5.32 Å². The third-order valence-electron chi connectivity index (χ3n) is 2.90. The number of carbonyl (C=O) groups is 2. The zero-order valence-electron chi connectivity index (χ0n) is 10.7. The van der Waals surface area contributed by atoms with Crippen LogP contribution in [0.25, 0.3) is 10.9 Å². The van der Waals surface area contributed by atoms with Crippen molar-refractivity contribution in [1.82, 2.24) is 10.3 Å². The van der Waals surface area contributed by atoms with Gasteiger partial charge in [-0.1, -0.05) is 24.3 Å². The van der Waals surface area contributed by atoms with Gasteiger partial charge in [-0.2, -0.15) is 0 Å². The van der Waals surface area contributed by atoms with E-state index in [1.165, 1.54) is 12.3 Å². The van der Waals surface area contributed by atoms with Gasteiger partial charge in [0.05, 0.1) is 11.1 Å². The molecule has 1 heterocycles. The van der Waals surface area contributed by atoms with Crippen LogP contribution in [0, 0.1) is 0 Å².